The third-order valence-electron chi connectivity index (χ3n) is 4.76. The Hall–Kier alpha value is -3.69. The molecule has 0 radical (unpaired) electrons. The summed E-state index contributed by atoms with van der Waals surface area (Å²) in [5.41, 5.74) is 0.576. The van der Waals surface area contributed by atoms with Crippen molar-refractivity contribution in [3.8, 4) is 17.2 Å². The molecule has 0 aliphatic carbocycles. The predicted molar refractivity (Wildman–Crippen MR) is 112 cm³/mol. The van der Waals surface area contributed by atoms with E-state index in [0.717, 1.165) is 12.1 Å². The minimum Gasteiger partial charge on any atom is -0.493 e. The fourth-order valence-corrected chi connectivity index (χ4v) is 3.21. The minimum atomic E-state index is -4.42. The van der Waals surface area contributed by atoms with Crippen LogP contribution in [0, 0.1) is 6.92 Å². The van der Waals surface area contributed by atoms with Gasteiger partial charge >= 0.3 is 6.18 Å². The molecule has 1 heterocycles. The van der Waals surface area contributed by atoms with Gasteiger partial charge in [0, 0.05) is 11.8 Å². The van der Waals surface area contributed by atoms with E-state index in [-0.39, 0.29) is 29.4 Å². The van der Waals surface area contributed by atoms with Gasteiger partial charge in [0.2, 0.25) is 5.75 Å². The van der Waals surface area contributed by atoms with Gasteiger partial charge in [0.25, 0.3) is 5.91 Å². The Labute approximate surface area is 182 Å². The first-order valence-corrected chi connectivity index (χ1v) is 9.48. The molecule has 1 N–H and O–H groups in total. The normalized spacial score (nSPS) is 11.2. The zero-order valence-electron chi connectivity index (χ0n) is 17.9. The van der Waals surface area contributed by atoms with Crippen LogP contribution in [0.5, 0.6) is 17.2 Å². The Bertz CT molecular complexity index is 1130. The van der Waals surface area contributed by atoms with Gasteiger partial charge in [0.1, 0.15) is 0 Å². The first-order valence-electron chi connectivity index (χ1n) is 9.48. The second-order valence-corrected chi connectivity index (χ2v) is 6.86. The van der Waals surface area contributed by atoms with Gasteiger partial charge in [-0.1, -0.05) is 12.1 Å². The van der Waals surface area contributed by atoms with Crippen molar-refractivity contribution >= 4 is 11.7 Å². The molecule has 0 spiro atoms. The third kappa shape index (κ3) is 4.79. The standard InChI is InChI=1S/C22H22F3N3O4/c1-13-10-18(27-28(13)12-14-6-5-7-15(11-14)22(23,24)25)26-21(29)16-8-9-17(30-2)20(32-4)19(16)31-3/h5-11H,12H2,1-4H3,(H,26,27,29). The molecule has 10 heteroatoms. The van der Waals surface area contributed by atoms with Gasteiger partial charge in [-0.15, -0.1) is 0 Å². The number of anilines is 1. The van der Waals surface area contributed by atoms with Crippen LogP contribution < -0.4 is 19.5 Å². The first-order chi connectivity index (χ1) is 15.2. The van der Waals surface area contributed by atoms with Crippen molar-refractivity contribution in [3.05, 3.63) is 64.8 Å². The van der Waals surface area contributed by atoms with Crippen LogP contribution in [-0.4, -0.2) is 37.0 Å². The molecule has 32 heavy (non-hydrogen) atoms. The summed E-state index contributed by atoms with van der Waals surface area (Å²) >= 11 is 0. The molecule has 3 rings (SSSR count). The topological polar surface area (TPSA) is 74.6 Å². The molecule has 3 aromatic rings. The number of ether oxygens (including phenoxy) is 3. The van der Waals surface area contributed by atoms with E-state index < -0.39 is 17.6 Å². The van der Waals surface area contributed by atoms with Gasteiger partial charge in [0.05, 0.1) is 39.0 Å². The van der Waals surface area contributed by atoms with E-state index in [9.17, 15) is 18.0 Å². The molecule has 0 saturated carbocycles. The van der Waals surface area contributed by atoms with Crippen LogP contribution in [0.2, 0.25) is 0 Å². The lowest BCUT2D eigenvalue weighted by Crippen LogP contribution is -2.15. The van der Waals surface area contributed by atoms with Gasteiger partial charge in [-0.25, -0.2) is 0 Å². The van der Waals surface area contributed by atoms with E-state index in [2.05, 4.69) is 10.4 Å². The molecular weight excluding hydrogens is 427 g/mol. The molecule has 0 fully saturated rings. The lowest BCUT2D eigenvalue weighted by atomic mass is 10.1. The number of rotatable bonds is 7. The number of methoxy groups -OCH3 is 3. The number of halogens is 3. The maximum absolute atomic E-state index is 13.0. The van der Waals surface area contributed by atoms with E-state index in [1.165, 1.54) is 38.1 Å². The van der Waals surface area contributed by atoms with Crippen molar-refractivity contribution in [2.45, 2.75) is 19.6 Å². The lowest BCUT2D eigenvalue weighted by Gasteiger charge is -2.15. The lowest BCUT2D eigenvalue weighted by molar-refractivity contribution is -0.137. The highest BCUT2D eigenvalue weighted by Crippen LogP contribution is 2.40. The molecule has 0 unspecified atom stereocenters. The second kappa shape index (κ2) is 9.21. The van der Waals surface area contributed by atoms with Crippen molar-refractivity contribution < 1.29 is 32.2 Å². The Morgan fingerprint density at radius 2 is 1.75 bits per heavy atom. The average Bonchev–Trinajstić information content (AvgIpc) is 3.10. The van der Waals surface area contributed by atoms with Crippen molar-refractivity contribution in [2.75, 3.05) is 26.6 Å². The molecule has 2 aromatic carbocycles. The SMILES string of the molecule is COc1ccc(C(=O)Nc2cc(C)n(Cc3cccc(C(F)(F)F)c3)n2)c(OC)c1OC. The molecular formula is C22H22F3N3O4. The Morgan fingerprint density at radius 1 is 1.03 bits per heavy atom. The van der Waals surface area contributed by atoms with E-state index in [1.54, 1.807) is 25.1 Å². The number of carbonyl (C=O) groups is 1. The molecule has 1 aromatic heterocycles. The highest BCUT2D eigenvalue weighted by Gasteiger charge is 2.30. The van der Waals surface area contributed by atoms with Crippen molar-refractivity contribution in [1.29, 1.82) is 0 Å². The summed E-state index contributed by atoms with van der Waals surface area (Å²) in [4.78, 5) is 12.8. The summed E-state index contributed by atoms with van der Waals surface area (Å²) < 4.78 is 56.2. The smallest absolute Gasteiger partial charge is 0.416 e. The number of nitrogens with one attached hydrogen (secondary N) is 1. The number of nitrogens with zero attached hydrogens (tertiary/aromatic N) is 2. The highest BCUT2D eigenvalue weighted by molar-refractivity contribution is 6.06. The predicted octanol–water partition coefficient (Wildman–Crippen LogP) is 4.54. The number of aryl methyl sites for hydroxylation is 1. The quantitative estimate of drug-likeness (QED) is 0.574. The molecule has 0 saturated heterocycles. The van der Waals surface area contributed by atoms with E-state index in [4.69, 9.17) is 14.2 Å². The number of hydrogen-bond donors (Lipinski definition) is 1. The number of amides is 1. The third-order valence-corrected chi connectivity index (χ3v) is 4.76. The molecule has 0 atom stereocenters. The maximum Gasteiger partial charge on any atom is 0.416 e. The van der Waals surface area contributed by atoms with E-state index >= 15 is 0 Å². The number of alkyl halides is 3. The van der Waals surface area contributed by atoms with Gasteiger partial charge in [-0.2, -0.15) is 18.3 Å². The van der Waals surface area contributed by atoms with Crippen molar-refractivity contribution in [3.63, 3.8) is 0 Å². The molecule has 170 valence electrons. The zero-order valence-corrected chi connectivity index (χ0v) is 17.9. The summed E-state index contributed by atoms with van der Waals surface area (Å²) in [6.45, 7) is 1.86. The van der Waals surface area contributed by atoms with Gasteiger partial charge in [0.15, 0.2) is 17.3 Å². The molecule has 1 amide bonds. The molecule has 0 bridgehead atoms. The molecule has 0 aliphatic heterocycles. The molecule has 7 nitrogen and oxygen atoms in total. The Balaban J connectivity index is 1.82. The van der Waals surface area contributed by atoms with Crippen LogP contribution >= 0.6 is 0 Å². The Kier molecular flexibility index (Phi) is 6.61. The maximum atomic E-state index is 13.0. The van der Waals surface area contributed by atoms with Crippen LogP contribution in [0.4, 0.5) is 19.0 Å². The van der Waals surface area contributed by atoms with Gasteiger partial charge in [-0.3, -0.25) is 9.48 Å². The summed E-state index contributed by atoms with van der Waals surface area (Å²) in [5, 5.41) is 6.98. The number of carbonyl (C=O) groups excluding carboxylic acids is 1. The van der Waals surface area contributed by atoms with Crippen LogP contribution in [0.25, 0.3) is 0 Å². The van der Waals surface area contributed by atoms with E-state index in [0.29, 0.717) is 17.0 Å². The highest BCUT2D eigenvalue weighted by atomic mass is 19.4. The van der Waals surface area contributed by atoms with Gasteiger partial charge in [-0.05, 0) is 36.8 Å². The average molecular weight is 449 g/mol. The number of benzene rings is 2. The summed E-state index contributed by atoms with van der Waals surface area (Å²) in [5.74, 6) is 0.628. The second-order valence-electron chi connectivity index (χ2n) is 6.86. The van der Waals surface area contributed by atoms with Crippen LogP contribution in [-0.2, 0) is 12.7 Å². The number of aromatic nitrogens is 2. The van der Waals surface area contributed by atoms with Crippen LogP contribution in [0.1, 0.15) is 27.2 Å². The molecule has 0 aliphatic rings. The van der Waals surface area contributed by atoms with Crippen molar-refractivity contribution in [1.82, 2.24) is 9.78 Å². The largest absolute Gasteiger partial charge is 0.493 e. The minimum absolute atomic E-state index is 0.116. The Morgan fingerprint density at radius 3 is 2.38 bits per heavy atom. The number of hydrogen-bond acceptors (Lipinski definition) is 5. The summed E-state index contributed by atoms with van der Waals surface area (Å²) in [6.07, 6.45) is -4.42. The van der Waals surface area contributed by atoms with Crippen LogP contribution in [0.15, 0.2) is 42.5 Å². The van der Waals surface area contributed by atoms with Crippen molar-refractivity contribution in [2.24, 2.45) is 0 Å². The first kappa shape index (κ1) is 23.0. The summed E-state index contributed by atoms with van der Waals surface area (Å²) in [7, 11) is 4.31. The monoisotopic (exact) mass is 449 g/mol. The van der Waals surface area contributed by atoms with E-state index in [1.807, 2.05) is 0 Å². The van der Waals surface area contributed by atoms with Gasteiger partial charge < -0.3 is 19.5 Å². The summed E-state index contributed by atoms with van der Waals surface area (Å²) in [6, 6.07) is 9.76. The fraction of sp³-hybridized carbons (Fsp3) is 0.273. The fourth-order valence-electron chi connectivity index (χ4n) is 3.21. The van der Waals surface area contributed by atoms with Crippen LogP contribution in [0.3, 0.4) is 0 Å². The zero-order chi connectivity index (χ0) is 23.5.